The van der Waals surface area contributed by atoms with Gasteiger partial charge >= 0.3 is 12.1 Å². The van der Waals surface area contributed by atoms with E-state index in [0.717, 1.165) is 38.9 Å². The van der Waals surface area contributed by atoms with Crippen LogP contribution >= 0.6 is 0 Å². The molecule has 6 rings (SSSR count). The highest BCUT2D eigenvalue weighted by Crippen LogP contribution is 2.29. The minimum Gasteiger partial charge on any atom is -0.481 e. The fraction of sp³-hybridized carbons (Fsp3) is 0.143. The van der Waals surface area contributed by atoms with Crippen LogP contribution in [0, 0.1) is 0 Å². The second kappa shape index (κ2) is 17.3. The number of carbonyl (C=O) groups excluding carboxylic acids is 1. The Kier molecular flexibility index (Phi) is 11.6. The topological polar surface area (TPSA) is 112 Å². The van der Waals surface area contributed by atoms with Crippen LogP contribution in [0.3, 0.4) is 0 Å². The van der Waals surface area contributed by atoms with E-state index in [4.69, 9.17) is 19.2 Å². The number of ether oxygens (including phenoxy) is 3. The summed E-state index contributed by atoms with van der Waals surface area (Å²) in [5, 5.41) is 10.1. The lowest BCUT2D eigenvalue weighted by Crippen LogP contribution is -2.26. The first-order chi connectivity index (χ1) is 25.0. The fourth-order valence-electron chi connectivity index (χ4n) is 5.56. The van der Waals surface area contributed by atoms with Crippen molar-refractivity contribution in [2.24, 2.45) is 4.99 Å². The Morgan fingerprint density at radius 1 is 0.647 bits per heavy atom. The smallest absolute Gasteiger partial charge is 0.481 e. The zero-order valence-corrected chi connectivity index (χ0v) is 27.8. The molecule has 0 aliphatic heterocycles. The molecule has 2 aromatic heterocycles. The van der Waals surface area contributed by atoms with Crippen LogP contribution in [0.5, 0.6) is 0 Å². The number of aliphatic imine (C=N–C) groups is 1. The third-order valence-electron chi connectivity index (χ3n) is 8.21. The average molecular weight is 680 g/mol. The van der Waals surface area contributed by atoms with Crippen LogP contribution in [0.4, 0.5) is 4.79 Å². The number of carboxylic acid groups (broad SMARTS) is 1. The summed E-state index contributed by atoms with van der Waals surface area (Å²) in [5.41, 5.74) is 6.46. The summed E-state index contributed by atoms with van der Waals surface area (Å²) >= 11 is 0. The maximum absolute atomic E-state index is 12.7. The van der Waals surface area contributed by atoms with Crippen LogP contribution in [0.15, 0.2) is 163 Å². The van der Waals surface area contributed by atoms with Crippen molar-refractivity contribution in [3.05, 3.63) is 175 Å². The van der Waals surface area contributed by atoms with E-state index in [9.17, 15) is 14.7 Å². The number of hydrogen-bond acceptors (Lipinski definition) is 7. The molecule has 9 nitrogen and oxygen atoms in total. The molecule has 1 N–H and O–H groups in total. The Hall–Kier alpha value is -6.48. The second-order valence-electron chi connectivity index (χ2n) is 11.8. The highest BCUT2D eigenvalue weighted by molar-refractivity contribution is 5.85. The van der Waals surface area contributed by atoms with Crippen LogP contribution in [0.2, 0.25) is 0 Å². The van der Waals surface area contributed by atoms with E-state index in [1.165, 1.54) is 0 Å². The van der Waals surface area contributed by atoms with Crippen molar-refractivity contribution >= 4 is 18.0 Å². The molecule has 0 bridgehead atoms. The Morgan fingerprint density at radius 2 is 1.20 bits per heavy atom. The molecule has 0 saturated carbocycles. The molecular weight excluding hydrogens is 642 g/mol. The van der Waals surface area contributed by atoms with E-state index >= 15 is 0 Å². The van der Waals surface area contributed by atoms with E-state index in [1.54, 1.807) is 17.0 Å². The number of benzene rings is 4. The van der Waals surface area contributed by atoms with Gasteiger partial charge < -0.3 is 23.9 Å². The molecule has 0 aliphatic rings. The third kappa shape index (κ3) is 9.79. The molecule has 0 amide bonds. The Bertz CT molecular complexity index is 2020. The number of nitrogens with zero attached hydrogens (tertiary/aromatic N) is 3. The van der Waals surface area contributed by atoms with Gasteiger partial charge in [0.25, 0.3) is 0 Å². The van der Waals surface area contributed by atoms with E-state index in [2.05, 4.69) is 4.98 Å². The predicted octanol–water partition coefficient (Wildman–Crippen LogP) is 8.94. The van der Waals surface area contributed by atoms with Gasteiger partial charge in [0.1, 0.15) is 31.9 Å². The normalized spacial score (nSPS) is 12.4. The zero-order chi connectivity index (χ0) is 35.3. The summed E-state index contributed by atoms with van der Waals surface area (Å²) in [4.78, 5) is 34.1. The highest BCUT2D eigenvalue weighted by atomic mass is 16.7. The molecular formula is C42H37N3O6. The van der Waals surface area contributed by atoms with Gasteiger partial charge in [-0.15, -0.1) is 0 Å². The number of hydrogen-bond donors (Lipinski definition) is 1. The van der Waals surface area contributed by atoms with Gasteiger partial charge in [-0.05, 0) is 57.1 Å². The number of aliphatic carboxylic acids is 1. The fourth-order valence-corrected chi connectivity index (χ4v) is 5.56. The lowest BCUT2D eigenvalue weighted by Gasteiger charge is -2.23. The van der Waals surface area contributed by atoms with Crippen LogP contribution in [0.25, 0.3) is 22.3 Å². The van der Waals surface area contributed by atoms with Crippen molar-refractivity contribution in [2.75, 3.05) is 6.61 Å². The highest BCUT2D eigenvalue weighted by Gasteiger charge is 2.26. The molecule has 0 saturated heterocycles. The molecule has 256 valence electrons. The SMILES string of the molecule is O=C(O)C[C@H](C(=N[C@H](COC(=O)OCc1ccccc1)c1ccccc1)OCc1ccccc1)n1ccc(-c2ccc(-c3ccncc3)cc2)c1. The molecule has 6 aromatic rings. The standard InChI is InChI=1S/C42H37N3O6/c46-40(47)26-39(45-25-22-37(27-45)34-18-16-33(17-19-34)35-20-23-43-24-21-35)41(49-28-31-10-4-1-5-11-31)44-38(36-14-8-3-9-15-36)30-51-42(48)50-29-32-12-6-2-7-13-32/h1-25,27,38-39H,26,28-30H2,(H,46,47)/t38-,39-/m1/s1. The minimum atomic E-state index is -1.02. The van der Waals surface area contributed by atoms with Crippen LogP contribution in [-0.4, -0.2) is 39.3 Å². The van der Waals surface area contributed by atoms with Crippen molar-refractivity contribution in [1.82, 2.24) is 9.55 Å². The molecule has 0 unspecified atom stereocenters. The molecule has 0 radical (unpaired) electrons. The Balaban J connectivity index is 1.30. The minimum absolute atomic E-state index is 0.0630. The van der Waals surface area contributed by atoms with Crippen molar-refractivity contribution in [1.29, 1.82) is 0 Å². The van der Waals surface area contributed by atoms with Crippen molar-refractivity contribution < 1.29 is 28.9 Å². The maximum Gasteiger partial charge on any atom is 0.508 e. The van der Waals surface area contributed by atoms with Crippen LogP contribution < -0.4 is 0 Å². The van der Waals surface area contributed by atoms with Gasteiger partial charge in [0.2, 0.25) is 5.90 Å². The largest absolute Gasteiger partial charge is 0.508 e. The zero-order valence-electron chi connectivity index (χ0n) is 27.8. The lowest BCUT2D eigenvalue weighted by atomic mass is 10.0. The Labute approximate surface area is 296 Å². The quantitative estimate of drug-likeness (QED) is 0.0695. The van der Waals surface area contributed by atoms with E-state index in [0.29, 0.717) is 0 Å². The summed E-state index contributed by atoms with van der Waals surface area (Å²) in [6.07, 6.45) is 6.11. The molecule has 0 fully saturated rings. The Morgan fingerprint density at radius 3 is 1.80 bits per heavy atom. The van der Waals surface area contributed by atoms with Gasteiger partial charge in [0, 0.05) is 24.8 Å². The number of pyridine rings is 1. The maximum atomic E-state index is 12.7. The molecule has 2 heterocycles. The van der Waals surface area contributed by atoms with Gasteiger partial charge in [-0.1, -0.05) is 115 Å². The third-order valence-corrected chi connectivity index (χ3v) is 8.21. The van der Waals surface area contributed by atoms with E-state index < -0.39 is 24.2 Å². The monoisotopic (exact) mass is 679 g/mol. The van der Waals surface area contributed by atoms with E-state index in [-0.39, 0.29) is 32.1 Å². The number of rotatable bonds is 14. The average Bonchev–Trinajstić information content (AvgIpc) is 3.68. The summed E-state index contributed by atoms with van der Waals surface area (Å²) in [6.45, 7) is 0.0613. The molecule has 2 atom stereocenters. The molecule has 51 heavy (non-hydrogen) atoms. The summed E-state index contributed by atoms with van der Waals surface area (Å²) in [7, 11) is 0. The van der Waals surface area contributed by atoms with Crippen molar-refractivity contribution in [3.8, 4) is 22.3 Å². The van der Waals surface area contributed by atoms with E-state index in [1.807, 2.05) is 146 Å². The molecule has 0 aliphatic carbocycles. The first-order valence-corrected chi connectivity index (χ1v) is 16.5. The van der Waals surface area contributed by atoms with Gasteiger partial charge in [-0.25, -0.2) is 9.79 Å². The molecule has 0 spiro atoms. The molecule has 9 heteroatoms. The second-order valence-corrected chi connectivity index (χ2v) is 11.8. The number of carbonyl (C=O) groups is 2. The first-order valence-electron chi connectivity index (χ1n) is 16.5. The number of carboxylic acids is 1. The lowest BCUT2D eigenvalue weighted by molar-refractivity contribution is -0.137. The number of aromatic nitrogens is 2. The summed E-state index contributed by atoms with van der Waals surface area (Å²) < 4.78 is 19.1. The predicted molar refractivity (Wildman–Crippen MR) is 195 cm³/mol. The van der Waals surface area contributed by atoms with Gasteiger partial charge in [0.05, 0.1) is 6.42 Å². The van der Waals surface area contributed by atoms with Gasteiger partial charge in [0.15, 0.2) is 0 Å². The van der Waals surface area contributed by atoms with Crippen molar-refractivity contribution in [2.45, 2.75) is 31.7 Å². The summed E-state index contributed by atoms with van der Waals surface area (Å²) in [6, 6.07) is 40.7. The summed E-state index contributed by atoms with van der Waals surface area (Å²) in [5.74, 6) is -0.837. The van der Waals surface area contributed by atoms with Crippen LogP contribution in [-0.2, 0) is 32.2 Å². The first kappa shape index (κ1) is 34.4. The van der Waals surface area contributed by atoms with Gasteiger partial charge in [-0.3, -0.25) is 9.78 Å². The molecule has 4 aromatic carbocycles. The van der Waals surface area contributed by atoms with Crippen LogP contribution in [0.1, 0.15) is 35.2 Å². The van der Waals surface area contributed by atoms with Gasteiger partial charge in [-0.2, -0.15) is 0 Å². The van der Waals surface area contributed by atoms with Crippen molar-refractivity contribution in [3.63, 3.8) is 0 Å².